The van der Waals surface area contributed by atoms with E-state index < -0.39 is 6.10 Å². The summed E-state index contributed by atoms with van der Waals surface area (Å²) in [6, 6.07) is 8.13. The van der Waals surface area contributed by atoms with Crippen LogP contribution in [0.1, 0.15) is 39.0 Å². The fourth-order valence-corrected chi connectivity index (χ4v) is 2.93. The Hall–Kier alpha value is -1.97. The number of hydrogen-bond acceptors (Lipinski definition) is 2. The van der Waals surface area contributed by atoms with E-state index >= 15 is 0 Å². The summed E-state index contributed by atoms with van der Waals surface area (Å²) in [4.78, 5) is 15.3. The Morgan fingerprint density at radius 3 is 2.90 bits per heavy atom. The Bertz CT molecular complexity index is 614. The second kappa shape index (κ2) is 6.20. The van der Waals surface area contributed by atoms with Crippen LogP contribution in [0.4, 0.5) is 0 Å². The van der Waals surface area contributed by atoms with E-state index in [1.165, 1.54) is 19.3 Å². The molecule has 3 rings (SSSR count). The van der Waals surface area contributed by atoms with E-state index in [1.807, 2.05) is 30.5 Å². The summed E-state index contributed by atoms with van der Waals surface area (Å²) in [6.45, 7) is 1.81. The quantitative estimate of drug-likeness (QED) is 0.905. The number of nitrogens with one attached hydrogen (secondary N) is 2. The number of fused-ring (bicyclic) bond motifs is 1. The summed E-state index contributed by atoms with van der Waals surface area (Å²) in [5.74, 6) is 0.712. The maximum Gasteiger partial charge on any atom is 0.260 e. The molecule has 1 aliphatic carbocycles. The molecule has 0 radical (unpaired) electrons. The molecule has 21 heavy (non-hydrogen) atoms. The van der Waals surface area contributed by atoms with Crippen LogP contribution in [-0.4, -0.2) is 23.0 Å². The Morgan fingerprint density at radius 2 is 2.10 bits per heavy atom. The van der Waals surface area contributed by atoms with Gasteiger partial charge in [-0.15, -0.1) is 0 Å². The molecular weight excluding hydrogens is 264 g/mol. The lowest BCUT2D eigenvalue weighted by molar-refractivity contribution is -0.128. The van der Waals surface area contributed by atoms with Gasteiger partial charge in [0.2, 0.25) is 0 Å². The lowest BCUT2D eigenvalue weighted by Crippen LogP contribution is -2.43. The minimum absolute atomic E-state index is 0.0175. The van der Waals surface area contributed by atoms with Gasteiger partial charge in [-0.25, -0.2) is 0 Å². The Kier molecular flexibility index (Phi) is 4.13. The Balaban J connectivity index is 1.59. The molecule has 0 bridgehead atoms. The molecule has 4 nitrogen and oxygen atoms in total. The van der Waals surface area contributed by atoms with Gasteiger partial charge in [0.15, 0.2) is 6.10 Å². The van der Waals surface area contributed by atoms with E-state index in [9.17, 15) is 4.79 Å². The summed E-state index contributed by atoms with van der Waals surface area (Å²) in [5, 5.41) is 4.19. The van der Waals surface area contributed by atoms with Crippen LogP contribution in [0.25, 0.3) is 10.9 Å². The maximum absolute atomic E-state index is 12.2. The third-order valence-corrected chi connectivity index (χ3v) is 4.16. The first-order chi connectivity index (χ1) is 10.2. The van der Waals surface area contributed by atoms with Crippen molar-refractivity contribution in [3.8, 4) is 5.75 Å². The van der Waals surface area contributed by atoms with Crippen LogP contribution in [0, 0.1) is 0 Å². The van der Waals surface area contributed by atoms with Gasteiger partial charge in [0.25, 0.3) is 5.91 Å². The summed E-state index contributed by atoms with van der Waals surface area (Å²) < 4.78 is 5.77. The summed E-state index contributed by atoms with van der Waals surface area (Å²) in [5.41, 5.74) is 1.07. The molecule has 1 aromatic heterocycles. The number of benzene rings is 1. The Labute approximate surface area is 124 Å². The predicted octanol–water partition coefficient (Wildman–Crippen LogP) is 3.38. The van der Waals surface area contributed by atoms with Gasteiger partial charge in [-0.2, -0.15) is 0 Å². The highest BCUT2D eigenvalue weighted by Gasteiger charge is 2.20. The number of rotatable bonds is 4. The average molecular weight is 286 g/mol. The summed E-state index contributed by atoms with van der Waals surface area (Å²) in [6.07, 6.45) is 7.32. The van der Waals surface area contributed by atoms with Gasteiger partial charge < -0.3 is 15.0 Å². The highest BCUT2D eigenvalue weighted by molar-refractivity contribution is 5.82. The fraction of sp³-hybridized carbons (Fsp3) is 0.471. The number of carbonyl (C=O) groups is 1. The van der Waals surface area contributed by atoms with Gasteiger partial charge in [0.1, 0.15) is 5.75 Å². The number of aromatic amines is 1. The number of carbonyl (C=O) groups excluding carboxylic acids is 1. The van der Waals surface area contributed by atoms with E-state index in [-0.39, 0.29) is 5.91 Å². The smallest absolute Gasteiger partial charge is 0.260 e. The molecule has 1 heterocycles. The normalized spacial score (nSPS) is 17.6. The van der Waals surface area contributed by atoms with Crippen LogP contribution < -0.4 is 10.1 Å². The van der Waals surface area contributed by atoms with Crippen molar-refractivity contribution in [3.05, 3.63) is 30.5 Å². The third-order valence-electron chi connectivity index (χ3n) is 4.16. The predicted molar refractivity (Wildman–Crippen MR) is 83.4 cm³/mol. The van der Waals surface area contributed by atoms with E-state index in [0.29, 0.717) is 6.04 Å². The zero-order valence-corrected chi connectivity index (χ0v) is 12.4. The molecule has 1 aromatic carbocycles. The van der Waals surface area contributed by atoms with Crippen LogP contribution >= 0.6 is 0 Å². The molecule has 0 aliphatic heterocycles. The Morgan fingerprint density at radius 1 is 1.29 bits per heavy atom. The number of hydrogen-bond donors (Lipinski definition) is 2. The van der Waals surface area contributed by atoms with Crippen molar-refractivity contribution in [1.82, 2.24) is 10.3 Å². The van der Waals surface area contributed by atoms with E-state index in [0.717, 1.165) is 29.5 Å². The molecule has 112 valence electrons. The summed E-state index contributed by atoms with van der Waals surface area (Å²) >= 11 is 0. The van der Waals surface area contributed by atoms with Gasteiger partial charge in [0, 0.05) is 23.1 Å². The number of aromatic nitrogens is 1. The van der Waals surface area contributed by atoms with Gasteiger partial charge in [0.05, 0.1) is 0 Å². The van der Waals surface area contributed by atoms with Gasteiger partial charge in [-0.05, 0) is 44.0 Å². The maximum atomic E-state index is 12.2. The molecule has 2 N–H and O–H groups in total. The minimum atomic E-state index is -0.469. The minimum Gasteiger partial charge on any atom is -0.481 e. The standard InChI is InChI=1S/C17H22N2O2/c1-12(17(20)19-14-5-3-2-4-6-14)21-15-7-8-16-13(11-15)9-10-18-16/h7-12,14,18H,2-6H2,1H3,(H,19,20). The molecule has 1 amide bonds. The molecule has 1 unspecified atom stereocenters. The molecule has 2 aromatic rings. The molecule has 4 heteroatoms. The second-order valence-electron chi connectivity index (χ2n) is 5.83. The fourth-order valence-electron chi connectivity index (χ4n) is 2.93. The number of ether oxygens (including phenoxy) is 1. The molecule has 1 aliphatic rings. The van der Waals surface area contributed by atoms with Crippen LogP contribution in [0.15, 0.2) is 30.5 Å². The average Bonchev–Trinajstić information content (AvgIpc) is 2.95. The van der Waals surface area contributed by atoms with Crippen LogP contribution in [0.5, 0.6) is 5.75 Å². The first-order valence-corrected chi connectivity index (χ1v) is 7.76. The van der Waals surface area contributed by atoms with E-state index in [4.69, 9.17) is 4.74 Å². The third kappa shape index (κ3) is 3.38. The lowest BCUT2D eigenvalue weighted by Gasteiger charge is -2.24. The van der Waals surface area contributed by atoms with Crippen molar-refractivity contribution in [2.24, 2.45) is 0 Å². The van der Waals surface area contributed by atoms with Crippen molar-refractivity contribution in [2.45, 2.75) is 51.2 Å². The van der Waals surface area contributed by atoms with Crippen molar-refractivity contribution in [2.75, 3.05) is 0 Å². The highest BCUT2D eigenvalue weighted by Crippen LogP contribution is 2.21. The van der Waals surface area contributed by atoms with Crippen molar-refractivity contribution in [3.63, 3.8) is 0 Å². The molecule has 0 spiro atoms. The monoisotopic (exact) mass is 286 g/mol. The first kappa shape index (κ1) is 14.0. The second-order valence-corrected chi connectivity index (χ2v) is 5.83. The topological polar surface area (TPSA) is 54.1 Å². The van der Waals surface area contributed by atoms with Crippen molar-refractivity contribution in [1.29, 1.82) is 0 Å². The largest absolute Gasteiger partial charge is 0.481 e. The van der Waals surface area contributed by atoms with Gasteiger partial charge in [-0.3, -0.25) is 4.79 Å². The summed E-state index contributed by atoms with van der Waals surface area (Å²) in [7, 11) is 0. The van der Waals surface area contributed by atoms with Crippen molar-refractivity contribution < 1.29 is 9.53 Å². The first-order valence-electron chi connectivity index (χ1n) is 7.76. The lowest BCUT2D eigenvalue weighted by atomic mass is 9.95. The van der Waals surface area contributed by atoms with E-state index in [2.05, 4.69) is 10.3 Å². The van der Waals surface area contributed by atoms with Crippen LogP contribution in [0.3, 0.4) is 0 Å². The zero-order chi connectivity index (χ0) is 14.7. The number of amides is 1. The molecule has 1 fully saturated rings. The highest BCUT2D eigenvalue weighted by atomic mass is 16.5. The van der Waals surface area contributed by atoms with Crippen LogP contribution in [0.2, 0.25) is 0 Å². The molecule has 1 atom stereocenters. The van der Waals surface area contributed by atoms with Gasteiger partial charge >= 0.3 is 0 Å². The number of H-pyrrole nitrogens is 1. The molecule has 1 saturated carbocycles. The van der Waals surface area contributed by atoms with Gasteiger partial charge in [-0.1, -0.05) is 19.3 Å². The van der Waals surface area contributed by atoms with Crippen LogP contribution in [-0.2, 0) is 4.79 Å². The van der Waals surface area contributed by atoms with Crippen molar-refractivity contribution >= 4 is 16.8 Å². The molecular formula is C17H22N2O2. The molecule has 0 saturated heterocycles. The van der Waals surface area contributed by atoms with E-state index in [1.54, 1.807) is 6.92 Å². The zero-order valence-electron chi connectivity index (χ0n) is 12.4. The SMILES string of the molecule is CC(Oc1ccc2[nH]ccc2c1)C(=O)NC1CCCCC1.